The zero-order valence-electron chi connectivity index (χ0n) is 10.9. The molecule has 0 saturated carbocycles. The standard InChI is InChI=1S/C12H17N3O6/c16-6-8(17)9(18)10(19)11(20)12(21)15-14-5-7-2-1-3-13-4-7/h1-5,8-11,16-20H,6H2,(H,15,21)/b14-5-/t8-,9-,10-,11-/m1/s1. The maximum atomic E-state index is 11.5. The maximum Gasteiger partial charge on any atom is 0.271 e. The number of nitrogens with zero attached hydrogens (tertiary/aromatic N) is 2. The Kier molecular flexibility index (Phi) is 6.85. The fraction of sp³-hybridized carbons (Fsp3) is 0.417. The number of hydrogen-bond acceptors (Lipinski definition) is 8. The summed E-state index contributed by atoms with van der Waals surface area (Å²) in [5, 5.41) is 49.6. The van der Waals surface area contributed by atoms with Gasteiger partial charge in [0.2, 0.25) is 0 Å². The molecule has 21 heavy (non-hydrogen) atoms. The first kappa shape index (κ1) is 17.1. The van der Waals surface area contributed by atoms with Gasteiger partial charge < -0.3 is 25.5 Å². The van der Waals surface area contributed by atoms with E-state index in [1.54, 1.807) is 18.3 Å². The highest BCUT2D eigenvalue weighted by atomic mass is 16.4. The molecule has 0 spiro atoms. The van der Waals surface area contributed by atoms with E-state index in [1.807, 2.05) is 5.43 Å². The minimum absolute atomic E-state index is 0.601. The Labute approximate surface area is 120 Å². The van der Waals surface area contributed by atoms with Gasteiger partial charge in [0.25, 0.3) is 5.91 Å². The van der Waals surface area contributed by atoms with Crippen molar-refractivity contribution in [2.24, 2.45) is 5.10 Å². The molecule has 0 unspecified atom stereocenters. The molecule has 1 aromatic heterocycles. The van der Waals surface area contributed by atoms with Crippen LogP contribution in [0.2, 0.25) is 0 Å². The molecule has 0 aromatic carbocycles. The SMILES string of the molecule is O=C(N/N=C\c1cccnc1)[C@H](O)[C@H](O)[C@H](O)[C@H](O)CO. The summed E-state index contributed by atoms with van der Waals surface area (Å²) < 4.78 is 0. The Balaban J connectivity index is 2.53. The van der Waals surface area contributed by atoms with E-state index in [0.29, 0.717) is 5.56 Å². The molecular weight excluding hydrogens is 282 g/mol. The molecule has 4 atom stereocenters. The van der Waals surface area contributed by atoms with Crippen LogP contribution in [0.1, 0.15) is 5.56 Å². The molecule has 1 heterocycles. The quantitative estimate of drug-likeness (QED) is 0.231. The molecule has 0 fully saturated rings. The molecule has 0 aliphatic rings. The van der Waals surface area contributed by atoms with Crippen molar-refractivity contribution < 1.29 is 30.3 Å². The van der Waals surface area contributed by atoms with Crippen LogP contribution in [-0.2, 0) is 4.79 Å². The van der Waals surface area contributed by atoms with Crippen molar-refractivity contribution >= 4 is 12.1 Å². The Bertz CT molecular complexity index is 469. The summed E-state index contributed by atoms with van der Waals surface area (Å²) >= 11 is 0. The van der Waals surface area contributed by atoms with Gasteiger partial charge in [-0.1, -0.05) is 6.07 Å². The summed E-state index contributed by atoms with van der Waals surface area (Å²) in [5.74, 6) is -1.08. The minimum atomic E-state index is -2.02. The molecule has 116 valence electrons. The second-order valence-corrected chi connectivity index (χ2v) is 4.20. The van der Waals surface area contributed by atoms with Crippen LogP contribution in [0.4, 0.5) is 0 Å². The zero-order chi connectivity index (χ0) is 15.8. The fourth-order valence-corrected chi connectivity index (χ4v) is 1.37. The van der Waals surface area contributed by atoms with E-state index < -0.39 is 36.9 Å². The van der Waals surface area contributed by atoms with Crippen LogP contribution in [0.5, 0.6) is 0 Å². The van der Waals surface area contributed by atoms with E-state index in [9.17, 15) is 20.1 Å². The molecule has 6 N–H and O–H groups in total. The lowest BCUT2D eigenvalue weighted by atomic mass is 10.0. The average molecular weight is 299 g/mol. The van der Waals surface area contributed by atoms with Gasteiger partial charge in [-0.3, -0.25) is 9.78 Å². The van der Waals surface area contributed by atoms with Gasteiger partial charge in [-0.15, -0.1) is 0 Å². The zero-order valence-corrected chi connectivity index (χ0v) is 10.9. The predicted octanol–water partition coefficient (Wildman–Crippen LogP) is -3.03. The first-order valence-electron chi connectivity index (χ1n) is 6.03. The molecule has 1 amide bonds. The molecule has 1 aromatic rings. The Hall–Kier alpha value is -1.91. The van der Waals surface area contributed by atoms with Crippen LogP contribution in [0.15, 0.2) is 29.6 Å². The largest absolute Gasteiger partial charge is 0.394 e. The topological polar surface area (TPSA) is 156 Å². The number of amides is 1. The first-order chi connectivity index (χ1) is 9.97. The van der Waals surface area contributed by atoms with E-state index in [-0.39, 0.29) is 0 Å². The maximum absolute atomic E-state index is 11.5. The van der Waals surface area contributed by atoms with E-state index in [2.05, 4.69) is 10.1 Å². The lowest BCUT2D eigenvalue weighted by Gasteiger charge is -2.24. The number of rotatable bonds is 7. The predicted molar refractivity (Wildman–Crippen MR) is 71.1 cm³/mol. The van der Waals surface area contributed by atoms with Crippen molar-refractivity contribution in [1.82, 2.24) is 10.4 Å². The molecule has 0 radical (unpaired) electrons. The molecule has 9 nitrogen and oxygen atoms in total. The van der Waals surface area contributed by atoms with Crippen molar-refractivity contribution in [1.29, 1.82) is 0 Å². The van der Waals surface area contributed by atoms with Crippen molar-refractivity contribution in [2.45, 2.75) is 24.4 Å². The van der Waals surface area contributed by atoms with Crippen LogP contribution in [-0.4, -0.2) is 73.7 Å². The molecule has 9 heteroatoms. The Morgan fingerprint density at radius 1 is 1.33 bits per heavy atom. The van der Waals surface area contributed by atoms with Crippen molar-refractivity contribution in [3.8, 4) is 0 Å². The van der Waals surface area contributed by atoms with Crippen molar-refractivity contribution in [3.63, 3.8) is 0 Å². The number of aromatic nitrogens is 1. The first-order valence-corrected chi connectivity index (χ1v) is 6.03. The van der Waals surface area contributed by atoms with Gasteiger partial charge in [0.1, 0.15) is 18.3 Å². The summed E-state index contributed by atoms with van der Waals surface area (Å²) in [7, 11) is 0. The number of hydrogen-bond donors (Lipinski definition) is 6. The third-order valence-electron chi connectivity index (χ3n) is 2.60. The van der Waals surface area contributed by atoms with Gasteiger partial charge in [0.15, 0.2) is 6.10 Å². The number of hydrazone groups is 1. The summed E-state index contributed by atoms with van der Waals surface area (Å²) in [6.07, 6.45) is -3.23. The molecule has 1 rings (SSSR count). The Morgan fingerprint density at radius 3 is 2.62 bits per heavy atom. The fourth-order valence-electron chi connectivity index (χ4n) is 1.37. The Morgan fingerprint density at radius 2 is 2.05 bits per heavy atom. The molecule has 0 aliphatic heterocycles. The van der Waals surface area contributed by atoms with Gasteiger partial charge in [-0.05, 0) is 6.07 Å². The van der Waals surface area contributed by atoms with E-state index >= 15 is 0 Å². The van der Waals surface area contributed by atoms with Gasteiger partial charge in [0, 0.05) is 18.0 Å². The second-order valence-electron chi connectivity index (χ2n) is 4.20. The summed E-state index contributed by atoms with van der Waals surface area (Å²) in [5.41, 5.74) is 2.56. The number of aliphatic hydroxyl groups excluding tert-OH is 5. The van der Waals surface area contributed by atoms with Gasteiger partial charge in [-0.25, -0.2) is 5.43 Å². The average Bonchev–Trinajstić information content (AvgIpc) is 2.52. The smallest absolute Gasteiger partial charge is 0.271 e. The molecular formula is C12H17N3O6. The minimum Gasteiger partial charge on any atom is -0.394 e. The second kappa shape index (κ2) is 8.39. The monoisotopic (exact) mass is 299 g/mol. The third-order valence-corrected chi connectivity index (χ3v) is 2.60. The van der Waals surface area contributed by atoms with Crippen LogP contribution in [0.3, 0.4) is 0 Å². The van der Waals surface area contributed by atoms with E-state index in [1.165, 1.54) is 12.4 Å². The van der Waals surface area contributed by atoms with Crippen LogP contribution in [0, 0.1) is 0 Å². The van der Waals surface area contributed by atoms with Crippen LogP contribution < -0.4 is 5.43 Å². The summed E-state index contributed by atoms with van der Waals surface area (Å²) in [6.45, 7) is -0.828. The number of carbonyl (C=O) groups is 1. The summed E-state index contributed by atoms with van der Waals surface area (Å²) in [4.78, 5) is 15.3. The lowest BCUT2D eigenvalue weighted by molar-refractivity contribution is -0.148. The van der Waals surface area contributed by atoms with Crippen LogP contribution in [0.25, 0.3) is 0 Å². The third kappa shape index (κ3) is 5.17. The van der Waals surface area contributed by atoms with Crippen molar-refractivity contribution in [3.05, 3.63) is 30.1 Å². The normalized spacial score (nSPS) is 17.2. The van der Waals surface area contributed by atoms with Crippen LogP contribution >= 0.6 is 0 Å². The number of carbonyl (C=O) groups excluding carboxylic acids is 1. The molecule has 0 aliphatic carbocycles. The van der Waals surface area contributed by atoms with Gasteiger partial charge >= 0.3 is 0 Å². The van der Waals surface area contributed by atoms with Crippen molar-refractivity contribution in [2.75, 3.05) is 6.61 Å². The highest BCUT2D eigenvalue weighted by molar-refractivity contribution is 5.84. The van der Waals surface area contributed by atoms with E-state index in [0.717, 1.165) is 0 Å². The molecule has 0 bridgehead atoms. The highest BCUT2D eigenvalue weighted by Gasteiger charge is 2.34. The van der Waals surface area contributed by atoms with Gasteiger partial charge in [0.05, 0.1) is 12.8 Å². The van der Waals surface area contributed by atoms with Gasteiger partial charge in [-0.2, -0.15) is 5.10 Å². The van der Waals surface area contributed by atoms with E-state index in [4.69, 9.17) is 10.2 Å². The number of nitrogens with one attached hydrogen (secondary N) is 1. The summed E-state index contributed by atoms with van der Waals surface area (Å²) in [6, 6.07) is 3.34. The number of aliphatic hydroxyl groups is 5. The highest BCUT2D eigenvalue weighted by Crippen LogP contribution is 2.05. The number of pyridine rings is 1. The lowest BCUT2D eigenvalue weighted by Crippen LogP contribution is -2.50. The molecule has 0 saturated heterocycles.